The molecule has 2 aromatic carbocycles. The van der Waals surface area contributed by atoms with Crippen molar-refractivity contribution in [3.63, 3.8) is 0 Å². The lowest BCUT2D eigenvalue weighted by atomic mass is 9.98. The molecule has 0 unspecified atom stereocenters. The molecule has 2 nitrogen and oxygen atoms in total. The highest BCUT2D eigenvalue weighted by atomic mass is 16.1. The highest BCUT2D eigenvalue weighted by Gasteiger charge is 2.13. The summed E-state index contributed by atoms with van der Waals surface area (Å²) in [5.74, 6) is -0.136. The van der Waals surface area contributed by atoms with Gasteiger partial charge in [0.2, 0.25) is 0 Å². The van der Waals surface area contributed by atoms with Gasteiger partial charge in [0.05, 0.1) is 11.3 Å². The Morgan fingerprint density at radius 2 is 1.53 bits per heavy atom. The van der Waals surface area contributed by atoms with E-state index in [1.54, 1.807) is 12.1 Å². The van der Waals surface area contributed by atoms with E-state index in [4.69, 9.17) is 0 Å². The molecule has 0 saturated heterocycles. The van der Waals surface area contributed by atoms with Crippen molar-refractivity contribution in [3.05, 3.63) is 64.7 Å². The largest absolute Gasteiger partial charge is 0.289 e. The third-order valence-electron chi connectivity index (χ3n) is 3.34. The molecule has 19 heavy (non-hydrogen) atoms. The Bertz CT molecular complexity index is 585. The van der Waals surface area contributed by atoms with Gasteiger partial charge in [0.15, 0.2) is 5.78 Å². The van der Waals surface area contributed by atoms with Crippen LogP contribution in [-0.2, 0) is 12.8 Å². The summed E-state index contributed by atoms with van der Waals surface area (Å²) in [7, 11) is 0. The van der Waals surface area contributed by atoms with Crippen molar-refractivity contribution in [3.8, 4) is 0 Å². The number of benzene rings is 2. The molecule has 2 aromatic rings. The lowest BCUT2D eigenvalue weighted by Gasteiger charge is -2.06. The molecule has 0 aromatic heterocycles. The summed E-state index contributed by atoms with van der Waals surface area (Å²) in [6, 6.07) is 12.8. The highest BCUT2D eigenvalue weighted by Crippen LogP contribution is 2.20. The Labute approximate surface area is 114 Å². The van der Waals surface area contributed by atoms with Crippen LogP contribution in [0.1, 0.15) is 40.9 Å². The second-order valence-corrected chi connectivity index (χ2v) is 4.58. The number of ketones is 1. The first-order valence-electron chi connectivity index (χ1n) is 6.61. The van der Waals surface area contributed by atoms with Gasteiger partial charge in [-0.05, 0) is 36.1 Å². The van der Waals surface area contributed by atoms with Gasteiger partial charge in [0, 0.05) is 5.56 Å². The minimum atomic E-state index is -0.136. The van der Waals surface area contributed by atoms with Crippen LogP contribution in [-0.4, -0.2) is 5.78 Å². The van der Waals surface area contributed by atoms with Crippen LogP contribution in [0.15, 0.2) is 42.5 Å². The first-order chi connectivity index (χ1) is 9.15. The SMILES string of the molecule is CCc1ccc(C(=O)c2ccc(CC)cc2[N])cc1. The van der Waals surface area contributed by atoms with Gasteiger partial charge in [-0.15, -0.1) is 5.73 Å². The molecule has 0 saturated carbocycles. The smallest absolute Gasteiger partial charge is 0.195 e. The zero-order valence-corrected chi connectivity index (χ0v) is 11.3. The summed E-state index contributed by atoms with van der Waals surface area (Å²) in [5, 5.41) is 0. The quantitative estimate of drug-likeness (QED) is 0.763. The van der Waals surface area contributed by atoms with E-state index in [1.165, 1.54) is 5.56 Å². The monoisotopic (exact) mass is 251 g/mol. The molecular formula is C17H17NO. The van der Waals surface area contributed by atoms with Gasteiger partial charge in [0.25, 0.3) is 0 Å². The van der Waals surface area contributed by atoms with E-state index in [1.807, 2.05) is 37.3 Å². The molecule has 0 N–H and O–H groups in total. The van der Waals surface area contributed by atoms with Crippen LogP contribution in [0.3, 0.4) is 0 Å². The Morgan fingerprint density at radius 3 is 2.05 bits per heavy atom. The van der Waals surface area contributed by atoms with Crippen LogP contribution < -0.4 is 5.73 Å². The molecule has 2 heteroatoms. The first kappa shape index (κ1) is 13.3. The number of carbonyl (C=O) groups excluding carboxylic acids is 1. The van der Waals surface area contributed by atoms with Crippen LogP contribution >= 0.6 is 0 Å². The third kappa shape index (κ3) is 2.84. The average Bonchev–Trinajstić information content (AvgIpc) is 2.46. The molecule has 0 bridgehead atoms. The molecule has 0 amide bonds. The molecular weight excluding hydrogens is 234 g/mol. The molecule has 0 aliphatic carbocycles. The van der Waals surface area contributed by atoms with Gasteiger partial charge in [-0.1, -0.05) is 44.2 Å². The van der Waals surface area contributed by atoms with Gasteiger partial charge < -0.3 is 0 Å². The zero-order chi connectivity index (χ0) is 13.8. The van der Waals surface area contributed by atoms with Crippen LogP contribution in [0.4, 0.5) is 5.69 Å². The number of rotatable bonds is 4. The van der Waals surface area contributed by atoms with Gasteiger partial charge in [-0.3, -0.25) is 4.79 Å². The molecule has 0 atom stereocenters. The van der Waals surface area contributed by atoms with Crippen LogP contribution in [0.2, 0.25) is 0 Å². The van der Waals surface area contributed by atoms with Gasteiger partial charge in [-0.2, -0.15) is 0 Å². The maximum atomic E-state index is 12.3. The van der Waals surface area contributed by atoms with Gasteiger partial charge in [0.1, 0.15) is 0 Å². The number of hydrogen-bond donors (Lipinski definition) is 0. The van der Waals surface area contributed by atoms with E-state index in [-0.39, 0.29) is 11.5 Å². The second-order valence-electron chi connectivity index (χ2n) is 4.58. The predicted molar refractivity (Wildman–Crippen MR) is 76.9 cm³/mol. The summed E-state index contributed by atoms with van der Waals surface area (Å²) < 4.78 is 0. The van der Waals surface area contributed by atoms with Crippen molar-refractivity contribution in [1.29, 1.82) is 0 Å². The number of hydrogen-bond acceptors (Lipinski definition) is 1. The van der Waals surface area contributed by atoms with E-state index >= 15 is 0 Å². The number of carbonyl (C=O) groups is 1. The molecule has 0 spiro atoms. The van der Waals surface area contributed by atoms with E-state index in [9.17, 15) is 10.5 Å². The average molecular weight is 251 g/mol. The van der Waals surface area contributed by atoms with Crippen molar-refractivity contribution in [2.24, 2.45) is 0 Å². The fraction of sp³-hybridized carbons (Fsp3) is 0.235. The molecule has 0 aliphatic heterocycles. The van der Waals surface area contributed by atoms with Crippen LogP contribution in [0, 0.1) is 0 Å². The molecule has 0 fully saturated rings. The van der Waals surface area contributed by atoms with Crippen LogP contribution in [0.5, 0.6) is 0 Å². The highest BCUT2D eigenvalue weighted by molar-refractivity contribution is 6.11. The zero-order valence-electron chi connectivity index (χ0n) is 11.3. The van der Waals surface area contributed by atoms with Crippen molar-refractivity contribution in [2.75, 3.05) is 0 Å². The standard InChI is InChI=1S/C17H17NO/c1-3-12-5-8-14(9-6-12)17(19)15-10-7-13(4-2)11-16(15)18/h5-11H,3-4H2,1-2H3. The van der Waals surface area contributed by atoms with Crippen molar-refractivity contribution in [1.82, 2.24) is 5.73 Å². The van der Waals surface area contributed by atoms with Crippen LogP contribution in [0.25, 0.3) is 0 Å². The maximum Gasteiger partial charge on any atom is 0.195 e. The summed E-state index contributed by atoms with van der Waals surface area (Å²) in [5.41, 5.74) is 13.2. The molecule has 2 rings (SSSR count). The Kier molecular flexibility index (Phi) is 4.00. The van der Waals surface area contributed by atoms with Crippen molar-refractivity contribution in [2.45, 2.75) is 26.7 Å². The predicted octanol–water partition coefficient (Wildman–Crippen LogP) is 3.74. The van der Waals surface area contributed by atoms with E-state index in [0.29, 0.717) is 11.1 Å². The third-order valence-corrected chi connectivity index (χ3v) is 3.34. The lowest BCUT2D eigenvalue weighted by molar-refractivity contribution is 0.103. The topological polar surface area (TPSA) is 39.4 Å². The fourth-order valence-corrected chi connectivity index (χ4v) is 2.04. The molecule has 96 valence electrons. The van der Waals surface area contributed by atoms with E-state index in [2.05, 4.69) is 6.92 Å². The Balaban J connectivity index is 2.32. The Hall–Kier alpha value is -2.09. The van der Waals surface area contributed by atoms with E-state index < -0.39 is 0 Å². The summed E-state index contributed by atoms with van der Waals surface area (Å²) in [6.07, 6.45) is 1.79. The summed E-state index contributed by atoms with van der Waals surface area (Å²) in [6.45, 7) is 4.09. The van der Waals surface area contributed by atoms with Gasteiger partial charge >= 0.3 is 0 Å². The minimum Gasteiger partial charge on any atom is -0.289 e. The normalized spacial score (nSPS) is 10.4. The molecule has 0 heterocycles. The first-order valence-corrected chi connectivity index (χ1v) is 6.61. The number of nitrogens with zero attached hydrogens (tertiary/aromatic N) is 1. The van der Waals surface area contributed by atoms with Crippen molar-refractivity contribution < 1.29 is 4.79 Å². The molecule has 2 radical (unpaired) electrons. The lowest BCUT2D eigenvalue weighted by Crippen LogP contribution is -2.03. The molecule has 0 aliphatic rings. The van der Waals surface area contributed by atoms with Crippen molar-refractivity contribution >= 4 is 11.5 Å². The van der Waals surface area contributed by atoms with E-state index in [0.717, 1.165) is 18.4 Å². The second kappa shape index (κ2) is 5.70. The summed E-state index contributed by atoms with van der Waals surface area (Å²) in [4.78, 5) is 12.3. The Morgan fingerprint density at radius 1 is 0.947 bits per heavy atom. The summed E-state index contributed by atoms with van der Waals surface area (Å²) >= 11 is 0. The maximum absolute atomic E-state index is 12.3. The van der Waals surface area contributed by atoms with Gasteiger partial charge in [-0.25, -0.2) is 0 Å². The fourth-order valence-electron chi connectivity index (χ4n) is 2.04. The number of aryl methyl sites for hydroxylation is 2. The minimum absolute atomic E-state index is 0.0592.